The van der Waals surface area contributed by atoms with E-state index in [1.807, 2.05) is 17.5 Å². The predicted octanol–water partition coefficient (Wildman–Crippen LogP) is 3.41. The van der Waals surface area contributed by atoms with Crippen LogP contribution in [0.25, 0.3) is 0 Å². The zero-order chi connectivity index (χ0) is 11.4. The highest BCUT2D eigenvalue weighted by molar-refractivity contribution is 7.09. The fourth-order valence-electron chi connectivity index (χ4n) is 1.65. The van der Waals surface area contributed by atoms with Gasteiger partial charge in [-0.15, -0.1) is 11.3 Å². The van der Waals surface area contributed by atoms with E-state index in [-0.39, 0.29) is 11.7 Å². The molecule has 2 aromatic rings. The highest BCUT2D eigenvalue weighted by Gasteiger charge is 2.15. The van der Waals surface area contributed by atoms with Crippen LogP contribution in [0.2, 0.25) is 0 Å². The summed E-state index contributed by atoms with van der Waals surface area (Å²) in [4.78, 5) is 12.1. The van der Waals surface area contributed by atoms with E-state index in [0.717, 1.165) is 11.2 Å². The Morgan fingerprint density at radius 1 is 1.25 bits per heavy atom. The molecule has 1 heterocycles. The summed E-state index contributed by atoms with van der Waals surface area (Å²) in [5.41, 5.74) is 0.478. The molecule has 0 aliphatic rings. The molecule has 16 heavy (non-hydrogen) atoms. The molecule has 0 amide bonds. The van der Waals surface area contributed by atoms with Crippen LogP contribution in [-0.4, -0.2) is 6.29 Å². The van der Waals surface area contributed by atoms with E-state index in [1.54, 1.807) is 29.5 Å². The average Bonchev–Trinajstić information content (AvgIpc) is 2.80. The summed E-state index contributed by atoms with van der Waals surface area (Å²) >= 11 is 1.59. The van der Waals surface area contributed by atoms with Gasteiger partial charge in [0.25, 0.3) is 0 Å². The molecule has 0 aliphatic carbocycles. The van der Waals surface area contributed by atoms with Gasteiger partial charge in [-0.05, 0) is 29.5 Å². The quantitative estimate of drug-likeness (QED) is 0.741. The number of hydrogen-bond donors (Lipinski definition) is 0. The van der Waals surface area contributed by atoms with Crippen LogP contribution in [-0.2, 0) is 11.2 Å². The highest BCUT2D eigenvalue weighted by atomic mass is 32.1. The van der Waals surface area contributed by atoms with Gasteiger partial charge in [-0.2, -0.15) is 0 Å². The fourth-order valence-corrected chi connectivity index (χ4v) is 2.42. The lowest BCUT2D eigenvalue weighted by Crippen LogP contribution is -2.05. The molecule has 2 rings (SSSR count). The third-order valence-corrected chi connectivity index (χ3v) is 3.37. The zero-order valence-corrected chi connectivity index (χ0v) is 9.41. The Labute approximate surface area is 97.6 Å². The molecule has 0 N–H and O–H groups in total. The molecule has 0 bridgehead atoms. The van der Waals surface area contributed by atoms with Crippen LogP contribution in [0, 0.1) is 5.82 Å². The smallest absolute Gasteiger partial charge is 0.127 e. The van der Waals surface area contributed by atoms with E-state index in [9.17, 15) is 9.18 Å². The van der Waals surface area contributed by atoms with Crippen molar-refractivity contribution in [3.63, 3.8) is 0 Å². The number of rotatable bonds is 4. The molecule has 0 saturated carbocycles. The SMILES string of the molecule is O=CC(Cc1cccs1)c1ccccc1F. The van der Waals surface area contributed by atoms with Crippen molar-refractivity contribution in [3.8, 4) is 0 Å². The Hall–Kier alpha value is -1.48. The van der Waals surface area contributed by atoms with Gasteiger partial charge in [-0.3, -0.25) is 0 Å². The fraction of sp³-hybridized carbons (Fsp3) is 0.154. The standard InChI is InChI=1S/C13H11FOS/c14-13-6-2-1-5-12(13)10(9-15)8-11-4-3-7-16-11/h1-7,9-10H,8H2. The minimum Gasteiger partial charge on any atom is -0.303 e. The van der Waals surface area contributed by atoms with E-state index >= 15 is 0 Å². The summed E-state index contributed by atoms with van der Waals surface area (Å²) in [5, 5.41) is 1.96. The van der Waals surface area contributed by atoms with E-state index in [4.69, 9.17) is 0 Å². The number of carbonyl (C=O) groups excluding carboxylic acids is 1. The van der Waals surface area contributed by atoms with Crippen molar-refractivity contribution in [1.29, 1.82) is 0 Å². The average molecular weight is 234 g/mol. The lowest BCUT2D eigenvalue weighted by Gasteiger charge is -2.10. The Morgan fingerprint density at radius 3 is 2.69 bits per heavy atom. The number of carbonyl (C=O) groups is 1. The summed E-state index contributed by atoms with van der Waals surface area (Å²) in [6.45, 7) is 0. The van der Waals surface area contributed by atoms with Gasteiger partial charge < -0.3 is 4.79 Å². The molecule has 3 heteroatoms. The second-order valence-corrected chi connectivity index (χ2v) is 4.58. The summed E-state index contributed by atoms with van der Waals surface area (Å²) < 4.78 is 13.5. The van der Waals surface area contributed by atoms with Gasteiger partial charge in [0.2, 0.25) is 0 Å². The maximum absolute atomic E-state index is 13.5. The second-order valence-electron chi connectivity index (χ2n) is 3.55. The topological polar surface area (TPSA) is 17.1 Å². The zero-order valence-electron chi connectivity index (χ0n) is 8.60. The Bertz CT molecular complexity index is 465. The van der Waals surface area contributed by atoms with Crippen LogP contribution in [0.15, 0.2) is 41.8 Å². The van der Waals surface area contributed by atoms with Crippen LogP contribution < -0.4 is 0 Å². The lowest BCUT2D eigenvalue weighted by molar-refractivity contribution is -0.109. The van der Waals surface area contributed by atoms with Crippen molar-refractivity contribution in [1.82, 2.24) is 0 Å². The largest absolute Gasteiger partial charge is 0.303 e. The van der Waals surface area contributed by atoms with Crippen LogP contribution in [0.4, 0.5) is 4.39 Å². The molecule has 1 unspecified atom stereocenters. The second kappa shape index (κ2) is 5.03. The maximum atomic E-state index is 13.5. The molecule has 1 aromatic carbocycles. The molecule has 1 aromatic heterocycles. The predicted molar refractivity (Wildman–Crippen MR) is 63.2 cm³/mol. The van der Waals surface area contributed by atoms with Crippen molar-refractivity contribution >= 4 is 17.6 Å². The summed E-state index contributed by atoms with van der Waals surface area (Å²) in [5.74, 6) is -0.698. The molecule has 0 fully saturated rings. The molecular weight excluding hydrogens is 223 g/mol. The molecule has 0 spiro atoms. The van der Waals surface area contributed by atoms with E-state index in [1.165, 1.54) is 6.07 Å². The molecule has 82 valence electrons. The van der Waals surface area contributed by atoms with Crippen molar-refractivity contribution in [3.05, 3.63) is 58.0 Å². The number of thiophene rings is 1. The summed E-state index contributed by atoms with van der Waals surface area (Å²) in [6, 6.07) is 10.3. The van der Waals surface area contributed by atoms with Crippen molar-refractivity contribution in [2.45, 2.75) is 12.3 Å². The van der Waals surface area contributed by atoms with Crippen LogP contribution in [0.3, 0.4) is 0 Å². The Balaban J connectivity index is 2.23. The normalized spacial score (nSPS) is 12.3. The maximum Gasteiger partial charge on any atom is 0.127 e. The van der Waals surface area contributed by atoms with Crippen molar-refractivity contribution < 1.29 is 9.18 Å². The van der Waals surface area contributed by atoms with Crippen LogP contribution in [0.1, 0.15) is 16.4 Å². The van der Waals surface area contributed by atoms with Crippen LogP contribution >= 0.6 is 11.3 Å². The van der Waals surface area contributed by atoms with Gasteiger partial charge in [-0.1, -0.05) is 24.3 Å². The van der Waals surface area contributed by atoms with Gasteiger partial charge in [0, 0.05) is 10.8 Å². The van der Waals surface area contributed by atoms with Crippen molar-refractivity contribution in [2.75, 3.05) is 0 Å². The van der Waals surface area contributed by atoms with E-state index in [0.29, 0.717) is 12.0 Å². The molecule has 1 atom stereocenters. The first-order valence-electron chi connectivity index (χ1n) is 5.03. The third-order valence-electron chi connectivity index (χ3n) is 2.47. The summed E-state index contributed by atoms with van der Waals surface area (Å²) in [6.07, 6.45) is 1.39. The highest BCUT2D eigenvalue weighted by Crippen LogP contribution is 2.23. The van der Waals surface area contributed by atoms with Gasteiger partial charge in [0.15, 0.2) is 0 Å². The number of halogens is 1. The molecule has 1 nitrogen and oxygen atoms in total. The lowest BCUT2D eigenvalue weighted by atomic mass is 9.96. The van der Waals surface area contributed by atoms with Gasteiger partial charge >= 0.3 is 0 Å². The number of benzene rings is 1. The third kappa shape index (κ3) is 2.36. The first-order valence-corrected chi connectivity index (χ1v) is 5.91. The molecule has 0 saturated heterocycles. The van der Waals surface area contributed by atoms with Gasteiger partial charge in [0.05, 0.1) is 0 Å². The molecule has 0 aliphatic heterocycles. The minimum atomic E-state index is -0.389. The van der Waals surface area contributed by atoms with E-state index < -0.39 is 0 Å². The monoisotopic (exact) mass is 234 g/mol. The summed E-state index contributed by atoms with van der Waals surface area (Å²) in [7, 11) is 0. The Morgan fingerprint density at radius 2 is 2.06 bits per heavy atom. The first kappa shape index (κ1) is 11.0. The van der Waals surface area contributed by atoms with Gasteiger partial charge in [-0.25, -0.2) is 4.39 Å². The van der Waals surface area contributed by atoms with Crippen LogP contribution in [0.5, 0.6) is 0 Å². The van der Waals surface area contributed by atoms with Crippen molar-refractivity contribution in [2.24, 2.45) is 0 Å². The number of aldehydes is 1. The van der Waals surface area contributed by atoms with E-state index in [2.05, 4.69) is 0 Å². The molecule has 0 radical (unpaired) electrons. The number of hydrogen-bond acceptors (Lipinski definition) is 2. The first-order chi connectivity index (χ1) is 7.81. The Kier molecular flexibility index (Phi) is 3.47. The molecular formula is C13H11FOS. The minimum absolute atomic E-state index is 0.309. The van der Waals surface area contributed by atoms with Gasteiger partial charge in [0.1, 0.15) is 12.1 Å².